The molecule has 0 radical (unpaired) electrons. The van der Waals surface area contributed by atoms with Gasteiger partial charge in [-0.25, -0.2) is 9.59 Å². The van der Waals surface area contributed by atoms with Gasteiger partial charge in [0.05, 0.1) is 12.0 Å². The number of hydrogen-bond donors (Lipinski definition) is 0. The number of halogens is 1. The van der Waals surface area contributed by atoms with Gasteiger partial charge in [0, 0.05) is 6.54 Å². The highest BCUT2D eigenvalue weighted by atomic mass is 35.5. The first-order valence-corrected chi connectivity index (χ1v) is 6.48. The summed E-state index contributed by atoms with van der Waals surface area (Å²) in [5, 5.41) is -0.244. The molecule has 6 heteroatoms. The normalized spacial score (nSPS) is 23.9. The van der Waals surface area contributed by atoms with Gasteiger partial charge in [0.1, 0.15) is 11.6 Å². The Morgan fingerprint density at radius 3 is 2.50 bits per heavy atom. The van der Waals surface area contributed by atoms with Crippen molar-refractivity contribution in [2.24, 2.45) is 0 Å². The second kappa shape index (κ2) is 5.78. The first-order valence-electron chi connectivity index (χ1n) is 6.05. The minimum atomic E-state index is -0.637. The van der Waals surface area contributed by atoms with Crippen molar-refractivity contribution in [1.29, 1.82) is 0 Å². The maximum atomic E-state index is 12.0. The summed E-state index contributed by atoms with van der Waals surface area (Å²) in [6.45, 7) is 7.64. The zero-order valence-corrected chi connectivity index (χ0v) is 12.0. The number of esters is 1. The molecular weight excluding hydrogens is 258 g/mol. The van der Waals surface area contributed by atoms with Crippen molar-refractivity contribution in [3.05, 3.63) is 0 Å². The maximum absolute atomic E-state index is 12.0. The summed E-state index contributed by atoms with van der Waals surface area (Å²) < 4.78 is 10.2. The molecular formula is C12H20ClNO4. The van der Waals surface area contributed by atoms with E-state index in [2.05, 4.69) is 0 Å². The van der Waals surface area contributed by atoms with E-state index in [-0.39, 0.29) is 12.0 Å². The molecule has 0 bridgehead atoms. The molecule has 1 amide bonds. The quantitative estimate of drug-likeness (QED) is 0.573. The molecule has 0 aromatic rings. The van der Waals surface area contributed by atoms with Crippen LogP contribution in [0.1, 0.15) is 34.1 Å². The zero-order valence-electron chi connectivity index (χ0n) is 11.2. The van der Waals surface area contributed by atoms with E-state index < -0.39 is 23.7 Å². The van der Waals surface area contributed by atoms with Crippen molar-refractivity contribution in [3.8, 4) is 0 Å². The fraction of sp³-hybridized carbons (Fsp3) is 0.833. The monoisotopic (exact) mass is 277 g/mol. The number of carbonyl (C=O) groups is 2. The third-order valence-electron chi connectivity index (χ3n) is 2.44. The van der Waals surface area contributed by atoms with Crippen LogP contribution in [0.3, 0.4) is 0 Å². The number of rotatable bonds is 2. The van der Waals surface area contributed by atoms with Gasteiger partial charge in [-0.05, 0) is 34.1 Å². The zero-order chi connectivity index (χ0) is 13.9. The van der Waals surface area contributed by atoms with Crippen LogP contribution in [0.15, 0.2) is 0 Å². The second-order valence-electron chi connectivity index (χ2n) is 5.23. The standard InChI is InChI=1S/C12H20ClNO4/c1-5-17-10(15)9-6-8(13)7-14(9)11(16)18-12(2,3)4/h8-9H,5-7H2,1-4H3/t8?,9-/m0/s1. The van der Waals surface area contributed by atoms with Crippen LogP contribution in [0.2, 0.25) is 0 Å². The molecule has 18 heavy (non-hydrogen) atoms. The lowest BCUT2D eigenvalue weighted by atomic mass is 10.2. The number of nitrogens with zero attached hydrogens (tertiary/aromatic N) is 1. The van der Waals surface area contributed by atoms with Gasteiger partial charge in [0.25, 0.3) is 0 Å². The topological polar surface area (TPSA) is 55.8 Å². The third-order valence-corrected chi connectivity index (χ3v) is 2.75. The highest BCUT2D eigenvalue weighted by Crippen LogP contribution is 2.25. The minimum absolute atomic E-state index is 0.244. The van der Waals surface area contributed by atoms with E-state index >= 15 is 0 Å². The van der Waals surface area contributed by atoms with Gasteiger partial charge in [0.2, 0.25) is 0 Å². The van der Waals surface area contributed by atoms with Gasteiger partial charge in [-0.15, -0.1) is 11.6 Å². The van der Waals surface area contributed by atoms with E-state index in [0.717, 1.165) is 0 Å². The third kappa shape index (κ3) is 4.05. The number of likely N-dealkylation sites (tertiary alicyclic amines) is 1. The molecule has 1 fully saturated rings. The van der Waals surface area contributed by atoms with E-state index in [4.69, 9.17) is 21.1 Å². The van der Waals surface area contributed by atoms with Crippen molar-refractivity contribution in [3.63, 3.8) is 0 Å². The summed E-state index contributed by atoms with van der Waals surface area (Å²) in [6, 6.07) is -0.637. The molecule has 0 aromatic heterocycles. The van der Waals surface area contributed by atoms with Crippen molar-refractivity contribution >= 4 is 23.7 Å². The number of hydrogen-bond acceptors (Lipinski definition) is 4. The van der Waals surface area contributed by atoms with Crippen LogP contribution in [-0.2, 0) is 14.3 Å². The van der Waals surface area contributed by atoms with Crippen LogP contribution < -0.4 is 0 Å². The second-order valence-corrected chi connectivity index (χ2v) is 5.85. The molecule has 0 spiro atoms. The summed E-state index contributed by atoms with van der Waals surface area (Å²) in [6.07, 6.45) is -0.122. The molecule has 0 saturated carbocycles. The first kappa shape index (κ1) is 15.1. The number of amides is 1. The van der Waals surface area contributed by atoms with Crippen molar-refractivity contribution < 1.29 is 19.1 Å². The van der Waals surface area contributed by atoms with E-state index in [1.807, 2.05) is 0 Å². The Morgan fingerprint density at radius 2 is 2.00 bits per heavy atom. The fourth-order valence-electron chi connectivity index (χ4n) is 1.77. The number of alkyl halides is 1. The molecule has 1 rings (SSSR count). The molecule has 2 atom stereocenters. The number of carbonyl (C=O) groups excluding carboxylic acids is 2. The largest absolute Gasteiger partial charge is 0.464 e. The predicted octanol–water partition coefficient (Wildman–Crippen LogP) is 2.17. The van der Waals surface area contributed by atoms with E-state index in [1.165, 1.54) is 4.90 Å². The average Bonchev–Trinajstić information content (AvgIpc) is 2.58. The van der Waals surface area contributed by atoms with Crippen LogP contribution >= 0.6 is 11.6 Å². The van der Waals surface area contributed by atoms with E-state index in [9.17, 15) is 9.59 Å². The summed E-state index contributed by atoms with van der Waals surface area (Å²) in [5.41, 5.74) is -0.597. The lowest BCUT2D eigenvalue weighted by molar-refractivity contribution is -0.148. The van der Waals surface area contributed by atoms with Gasteiger partial charge >= 0.3 is 12.1 Å². The molecule has 104 valence electrons. The molecule has 0 aromatic carbocycles. The van der Waals surface area contributed by atoms with Gasteiger partial charge in [-0.3, -0.25) is 4.90 Å². The Kier molecular flexibility index (Phi) is 4.85. The summed E-state index contributed by atoms with van der Waals surface area (Å²) in [7, 11) is 0. The Balaban J connectivity index is 2.72. The van der Waals surface area contributed by atoms with Gasteiger partial charge in [-0.1, -0.05) is 0 Å². The molecule has 0 aliphatic carbocycles. The smallest absolute Gasteiger partial charge is 0.411 e. The average molecular weight is 278 g/mol. The molecule has 1 heterocycles. The summed E-state index contributed by atoms with van der Waals surface area (Å²) in [5.74, 6) is -0.425. The van der Waals surface area contributed by atoms with Crippen LogP contribution in [0, 0.1) is 0 Å². The first-order chi connectivity index (χ1) is 8.24. The Labute approximate surface area is 112 Å². The number of ether oxygens (including phenoxy) is 2. The van der Waals surface area contributed by atoms with Crippen LogP contribution in [-0.4, -0.2) is 47.1 Å². The van der Waals surface area contributed by atoms with Gasteiger partial charge in [-0.2, -0.15) is 0 Å². The predicted molar refractivity (Wildman–Crippen MR) is 67.6 cm³/mol. The van der Waals surface area contributed by atoms with E-state index in [0.29, 0.717) is 13.0 Å². The SMILES string of the molecule is CCOC(=O)[C@@H]1CC(Cl)CN1C(=O)OC(C)(C)C. The highest BCUT2D eigenvalue weighted by Gasteiger charge is 2.41. The highest BCUT2D eigenvalue weighted by molar-refractivity contribution is 6.21. The van der Waals surface area contributed by atoms with Gasteiger partial charge < -0.3 is 9.47 Å². The van der Waals surface area contributed by atoms with Crippen molar-refractivity contribution in [2.75, 3.05) is 13.2 Å². The Bertz CT molecular complexity index is 327. The molecule has 1 aliphatic heterocycles. The van der Waals surface area contributed by atoms with Crippen molar-refractivity contribution in [1.82, 2.24) is 4.90 Å². The summed E-state index contributed by atoms with van der Waals surface area (Å²) >= 11 is 6.00. The van der Waals surface area contributed by atoms with Crippen molar-refractivity contribution in [2.45, 2.75) is 51.1 Å². The fourth-order valence-corrected chi connectivity index (χ4v) is 2.09. The van der Waals surface area contributed by atoms with Crippen LogP contribution in [0.25, 0.3) is 0 Å². The van der Waals surface area contributed by atoms with Gasteiger partial charge in [0.15, 0.2) is 0 Å². The van der Waals surface area contributed by atoms with Crippen LogP contribution in [0.4, 0.5) is 4.79 Å². The Hall–Kier alpha value is -0.970. The summed E-state index contributed by atoms with van der Waals surface area (Å²) in [4.78, 5) is 25.1. The van der Waals surface area contributed by atoms with Crippen LogP contribution in [0.5, 0.6) is 0 Å². The minimum Gasteiger partial charge on any atom is -0.464 e. The molecule has 1 aliphatic rings. The molecule has 1 unspecified atom stereocenters. The molecule has 5 nitrogen and oxygen atoms in total. The maximum Gasteiger partial charge on any atom is 0.411 e. The lowest BCUT2D eigenvalue weighted by Crippen LogP contribution is -2.44. The lowest BCUT2D eigenvalue weighted by Gasteiger charge is -2.27. The van der Waals surface area contributed by atoms with E-state index in [1.54, 1.807) is 27.7 Å². The molecule has 1 saturated heterocycles. The Morgan fingerprint density at radius 1 is 1.39 bits per heavy atom. The molecule has 0 N–H and O–H groups in total.